The van der Waals surface area contributed by atoms with Crippen molar-refractivity contribution in [3.05, 3.63) is 54.6 Å². The van der Waals surface area contributed by atoms with Gasteiger partial charge in [0.25, 0.3) is 0 Å². The number of nitrogens with zero attached hydrogens (tertiary/aromatic N) is 2. The lowest BCUT2D eigenvalue weighted by Crippen LogP contribution is -2.48. The van der Waals surface area contributed by atoms with Crippen molar-refractivity contribution in [3.8, 4) is 0 Å². The summed E-state index contributed by atoms with van der Waals surface area (Å²) < 4.78 is 0. The number of anilines is 1. The number of rotatable bonds is 7. The predicted octanol–water partition coefficient (Wildman–Crippen LogP) is 3.80. The zero-order valence-electron chi connectivity index (χ0n) is 15.4. The van der Waals surface area contributed by atoms with Gasteiger partial charge in [-0.2, -0.15) is 0 Å². The van der Waals surface area contributed by atoms with Crippen LogP contribution in [0.1, 0.15) is 13.3 Å². The molecule has 0 unspecified atom stereocenters. The zero-order chi connectivity index (χ0) is 18.2. The SMILES string of the molecule is CCCN1CCN(CC(=O)Nc2ccccc2Sc2ccccc2)CC1. The van der Waals surface area contributed by atoms with Gasteiger partial charge in [-0.25, -0.2) is 0 Å². The van der Waals surface area contributed by atoms with Gasteiger partial charge in [0, 0.05) is 36.0 Å². The summed E-state index contributed by atoms with van der Waals surface area (Å²) in [4.78, 5) is 19.5. The van der Waals surface area contributed by atoms with E-state index in [1.807, 2.05) is 36.4 Å². The van der Waals surface area contributed by atoms with Gasteiger partial charge in [0.1, 0.15) is 0 Å². The summed E-state index contributed by atoms with van der Waals surface area (Å²) in [6.07, 6.45) is 1.19. The van der Waals surface area contributed by atoms with E-state index in [4.69, 9.17) is 0 Å². The monoisotopic (exact) mass is 369 g/mol. The highest BCUT2D eigenvalue weighted by atomic mass is 32.2. The summed E-state index contributed by atoms with van der Waals surface area (Å²) in [5.74, 6) is 0.0649. The average molecular weight is 370 g/mol. The number of amides is 1. The highest BCUT2D eigenvalue weighted by molar-refractivity contribution is 7.99. The molecule has 5 heteroatoms. The van der Waals surface area contributed by atoms with Gasteiger partial charge in [-0.3, -0.25) is 9.69 Å². The minimum Gasteiger partial charge on any atom is -0.324 e. The second kappa shape index (κ2) is 9.76. The Labute approximate surface area is 160 Å². The summed E-state index contributed by atoms with van der Waals surface area (Å²) in [6.45, 7) is 7.88. The minimum absolute atomic E-state index is 0.0649. The van der Waals surface area contributed by atoms with E-state index >= 15 is 0 Å². The van der Waals surface area contributed by atoms with E-state index in [-0.39, 0.29) is 5.91 Å². The van der Waals surface area contributed by atoms with Gasteiger partial charge in [0.05, 0.1) is 12.2 Å². The summed E-state index contributed by atoms with van der Waals surface area (Å²) in [5, 5.41) is 3.10. The first-order valence-electron chi connectivity index (χ1n) is 9.31. The maximum atomic E-state index is 12.5. The van der Waals surface area contributed by atoms with E-state index < -0.39 is 0 Å². The summed E-state index contributed by atoms with van der Waals surface area (Å²) >= 11 is 1.67. The topological polar surface area (TPSA) is 35.6 Å². The number of para-hydroxylation sites is 1. The molecule has 1 heterocycles. The summed E-state index contributed by atoms with van der Waals surface area (Å²) in [5.41, 5.74) is 0.885. The summed E-state index contributed by atoms with van der Waals surface area (Å²) in [6, 6.07) is 18.2. The van der Waals surface area contributed by atoms with Crippen LogP contribution in [0.15, 0.2) is 64.4 Å². The van der Waals surface area contributed by atoms with Gasteiger partial charge in [-0.15, -0.1) is 0 Å². The van der Waals surface area contributed by atoms with Gasteiger partial charge >= 0.3 is 0 Å². The molecule has 0 saturated carbocycles. The van der Waals surface area contributed by atoms with Crippen LogP contribution in [0, 0.1) is 0 Å². The zero-order valence-corrected chi connectivity index (χ0v) is 16.2. The molecule has 0 aliphatic carbocycles. The standard InChI is InChI=1S/C21H27N3OS/c1-2-12-23-13-15-24(16-14-23)17-21(25)22-19-10-6-7-11-20(19)26-18-8-4-3-5-9-18/h3-11H,2,12-17H2,1H3,(H,22,25). The molecule has 1 amide bonds. The van der Waals surface area contributed by atoms with Crippen LogP contribution in [0.4, 0.5) is 5.69 Å². The van der Waals surface area contributed by atoms with Crippen LogP contribution < -0.4 is 5.32 Å². The van der Waals surface area contributed by atoms with E-state index in [2.05, 4.69) is 40.2 Å². The fraction of sp³-hybridized carbons (Fsp3) is 0.381. The highest BCUT2D eigenvalue weighted by Gasteiger charge is 2.18. The van der Waals surface area contributed by atoms with Crippen LogP contribution in [0.3, 0.4) is 0 Å². The Bertz CT molecular complexity index is 699. The van der Waals surface area contributed by atoms with Crippen LogP contribution in [-0.4, -0.2) is 55.0 Å². The predicted molar refractivity (Wildman–Crippen MR) is 109 cm³/mol. The van der Waals surface area contributed by atoms with Crippen LogP contribution in [0.5, 0.6) is 0 Å². The third-order valence-corrected chi connectivity index (χ3v) is 5.59. The molecule has 1 N–H and O–H groups in total. The lowest BCUT2D eigenvalue weighted by Gasteiger charge is -2.34. The second-order valence-electron chi connectivity index (χ2n) is 6.58. The highest BCUT2D eigenvalue weighted by Crippen LogP contribution is 2.33. The minimum atomic E-state index is 0.0649. The van der Waals surface area contributed by atoms with Crippen molar-refractivity contribution in [2.45, 2.75) is 23.1 Å². The maximum absolute atomic E-state index is 12.5. The molecule has 138 valence electrons. The van der Waals surface area contributed by atoms with E-state index in [0.717, 1.165) is 43.3 Å². The molecule has 3 rings (SSSR count). The molecular weight excluding hydrogens is 342 g/mol. The number of carbonyl (C=O) groups excluding carboxylic acids is 1. The Balaban J connectivity index is 1.55. The molecule has 2 aromatic carbocycles. The van der Waals surface area contributed by atoms with Crippen LogP contribution in [-0.2, 0) is 4.79 Å². The molecule has 0 atom stereocenters. The first kappa shape index (κ1) is 19.0. The third-order valence-electron chi connectivity index (χ3n) is 4.50. The molecule has 1 aliphatic rings. The van der Waals surface area contributed by atoms with E-state index in [0.29, 0.717) is 6.54 Å². The lowest BCUT2D eigenvalue weighted by molar-refractivity contribution is -0.117. The Morgan fingerprint density at radius 1 is 0.962 bits per heavy atom. The third kappa shape index (κ3) is 5.59. The number of nitrogens with one attached hydrogen (secondary N) is 1. The Hall–Kier alpha value is -1.82. The Kier molecular flexibility index (Phi) is 7.12. The number of carbonyl (C=O) groups is 1. The van der Waals surface area contributed by atoms with Gasteiger partial charge in [0.15, 0.2) is 0 Å². The van der Waals surface area contributed by atoms with Crippen molar-refractivity contribution in [1.82, 2.24) is 9.80 Å². The smallest absolute Gasteiger partial charge is 0.238 e. The van der Waals surface area contributed by atoms with Crippen molar-refractivity contribution >= 4 is 23.4 Å². The van der Waals surface area contributed by atoms with Crippen molar-refractivity contribution in [3.63, 3.8) is 0 Å². The molecule has 0 bridgehead atoms. The average Bonchev–Trinajstić information content (AvgIpc) is 2.66. The number of piperazine rings is 1. The largest absolute Gasteiger partial charge is 0.324 e. The van der Waals surface area contributed by atoms with E-state index in [1.165, 1.54) is 11.3 Å². The van der Waals surface area contributed by atoms with Crippen molar-refractivity contribution < 1.29 is 4.79 Å². The first-order valence-corrected chi connectivity index (χ1v) is 10.1. The van der Waals surface area contributed by atoms with Crippen LogP contribution in [0.2, 0.25) is 0 Å². The normalized spacial score (nSPS) is 15.7. The van der Waals surface area contributed by atoms with Gasteiger partial charge < -0.3 is 10.2 Å². The fourth-order valence-corrected chi connectivity index (χ4v) is 4.08. The van der Waals surface area contributed by atoms with Crippen molar-refractivity contribution in [2.24, 2.45) is 0 Å². The summed E-state index contributed by atoms with van der Waals surface area (Å²) in [7, 11) is 0. The Morgan fingerprint density at radius 2 is 1.62 bits per heavy atom. The molecule has 2 aromatic rings. The number of hydrogen-bond donors (Lipinski definition) is 1. The molecular formula is C21H27N3OS. The number of hydrogen-bond acceptors (Lipinski definition) is 4. The molecule has 1 saturated heterocycles. The van der Waals surface area contributed by atoms with Crippen LogP contribution in [0.25, 0.3) is 0 Å². The maximum Gasteiger partial charge on any atom is 0.238 e. The van der Waals surface area contributed by atoms with Crippen molar-refractivity contribution in [2.75, 3.05) is 44.6 Å². The van der Waals surface area contributed by atoms with E-state index in [1.54, 1.807) is 11.8 Å². The quantitative estimate of drug-likeness (QED) is 0.805. The van der Waals surface area contributed by atoms with Gasteiger partial charge in [-0.05, 0) is 37.2 Å². The molecule has 1 aliphatic heterocycles. The molecule has 0 radical (unpaired) electrons. The molecule has 26 heavy (non-hydrogen) atoms. The fourth-order valence-electron chi connectivity index (χ4n) is 3.15. The van der Waals surface area contributed by atoms with Gasteiger partial charge in [0.2, 0.25) is 5.91 Å². The Morgan fingerprint density at radius 3 is 2.35 bits per heavy atom. The lowest BCUT2D eigenvalue weighted by atomic mass is 10.3. The molecule has 4 nitrogen and oxygen atoms in total. The van der Waals surface area contributed by atoms with E-state index in [9.17, 15) is 4.79 Å². The molecule has 0 spiro atoms. The molecule has 1 fully saturated rings. The first-order chi connectivity index (χ1) is 12.7. The number of benzene rings is 2. The van der Waals surface area contributed by atoms with Crippen LogP contribution >= 0.6 is 11.8 Å². The van der Waals surface area contributed by atoms with Gasteiger partial charge in [-0.1, -0.05) is 49.0 Å². The van der Waals surface area contributed by atoms with Crippen molar-refractivity contribution in [1.29, 1.82) is 0 Å². The molecule has 0 aromatic heterocycles. The second-order valence-corrected chi connectivity index (χ2v) is 7.69.